The van der Waals surface area contributed by atoms with E-state index in [-0.39, 0.29) is 28.4 Å². The minimum Gasteiger partial charge on any atom is -0.396 e. The third-order valence-electron chi connectivity index (χ3n) is 2.80. The lowest BCUT2D eigenvalue weighted by Gasteiger charge is -2.23. The minimum atomic E-state index is -0.643. The molecule has 0 radical (unpaired) electrons. The zero-order valence-corrected chi connectivity index (χ0v) is 12.0. The van der Waals surface area contributed by atoms with Gasteiger partial charge in [0.2, 0.25) is 0 Å². The van der Waals surface area contributed by atoms with Gasteiger partial charge in [-0.3, -0.25) is 14.9 Å². The number of carbonyl (C=O) groups excluding carboxylic acids is 1. The van der Waals surface area contributed by atoms with Crippen LogP contribution < -0.4 is 5.32 Å². The molecule has 1 aromatic heterocycles. The molecule has 0 atom stereocenters. The Kier molecular flexibility index (Phi) is 5.41. The largest absolute Gasteiger partial charge is 0.396 e. The van der Waals surface area contributed by atoms with Crippen molar-refractivity contribution in [2.24, 2.45) is 5.41 Å². The van der Waals surface area contributed by atoms with Crippen molar-refractivity contribution >= 4 is 23.2 Å². The smallest absolute Gasteiger partial charge is 0.288 e. The van der Waals surface area contributed by atoms with Crippen LogP contribution in [-0.2, 0) is 0 Å². The first-order chi connectivity index (χ1) is 9.26. The van der Waals surface area contributed by atoms with Gasteiger partial charge in [-0.25, -0.2) is 4.98 Å². The standard InChI is InChI=1S/C12H16ClN3O4/c1-12(2,3-4-17)7-15-11(18)9-5-8(16(19)20)6-14-10(9)13/h5-6,17H,3-4,7H2,1-2H3,(H,15,18). The van der Waals surface area contributed by atoms with Crippen LogP contribution in [0.2, 0.25) is 5.15 Å². The molecule has 1 rings (SSSR count). The monoisotopic (exact) mass is 301 g/mol. The van der Waals surface area contributed by atoms with Crippen LogP contribution in [0.5, 0.6) is 0 Å². The van der Waals surface area contributed by atoms with Crippen LogP contribution in [0.25, 0.3) is 0 Å². The van der Waals surface area contributed by atoms with Crippen molar-refractivity contribution in [1.82, 2.24) is 10.3 Å². The van der Waals surface area contributed by atoms with Crippen molar-refractivity contribution in [1.29, 1.82) is 0 Å². The molecule has 110 valence electrons. The maximum atomic E-state index is 12.0. The Hall–Kier alpha value is -1.73. The minimum absolute atomic E-state index is 0.0159. The van der Waals surface area contributed by atoms with Crippen LogP contribution in [0, 0.1) is 15.5 Å². The number of aromatic nitrogens is 1. The lowest BCUT2D eigenvalue weighted by atomic mass is 9.90. The van der Waals surface area contributed by atoms with Crippen LogP contribution >= 0.6 is 11.6 Å². The van der Waals surface area contributed by atoms with E-state index in [2.05, 4.69) is 10.3 Å². The molecule has 0 aliphatic heterocycles. The zero-order valence-electron chi connectivity index (χ0n) is 11.2. The molecule has 0 saturated carbocycles. The van der Waals surface area contributed by atoms with Gasteiger partial charge in [0.05, 0.1) is 10.5 Å². The van der Waals surface area contributed by atoms with Gasteiger partial charge in [0.15, 0.2) is 0 Å². The second kappa shape index (κ2) is 6.62. The van der Waals surface area contributed by atoms with Crippen LogP contribution in [0.1, 0.15) is 30.6 Å². The third kappa shape index (κ3) is 4.43. The molecule has 0 aliphatic carbocycles. The van der Waals surface area contributed by atoms with E-state index < -0.39 is 10.8 Å². The number of carbonyl (C=O) groups is 1. The van der Waals surface area contributed by atoms with E-state index in [1.165, 1.54) is 0 Å². The SMILES string of the molecule is CC(C)(CCO)CNC(=O)c1cc([N+](=O)[O-])cnc1Cl. The number of nitrogens with zero attached hydrogens (tertiary/aromatic N) is 2. The predicted molar refractivity (Wildman–Crippen MR) is 73.7 cm³/mol. The Morgan fingerprint density at radius 1 is 1.60 bits per heavy atom. The number of rotatable bonds is 6. The first-order valence-corrected chi connectivity index (χ1v) is 6.33. The first kappa shape index (κ1) is 16.3. The Morgan fingerprint density at radius 2 is 2.25 bits per heavy atom. The van der Waals surface area contributed by atoms with Gasteiger partial charge in [-0.1, -0.05) is 25.4 Å². The molecule has 0 aliphatic rings. The quantitative estimate of drug-likeness (QED) is 0.473. The summed E-state index contributed by atoms with van der Waals surface area (Å²) >= 11 is 5.77. The van der Waals surface area contributed by atoms with Gasteiger partial charge in [-0.2, -0.15) is 0 Å². The van der Waals surface area contributed by atoms with Gasteiger partial charge in [-0.15, -0.1) is 0 Å². The van der Waals surface area contributed by atoms with Gasteiger partial charge in [0, 0.05) is 19.2 Å². The first-order valence-electron chi connectivity index (χ1n) is 5.96. The van der Waals surface area contributed by atoms with Crippen molar-refractivity contribution in [3.05, 3.63) is 33.1 Å². The number of nitro groups is 1. The van der Waals surface area contributed by atoms with E-state index in [0.717, 1.165) is 12.3 Å². The summed E-state index contributed by atoms with van der Waals surface area (Å²) in [6, 6.07) is 1.09. The lowest BCUT2D eigenvalue weighted by molar-refractivity contribution is -0.385. The molecule has 1 aromatic rings. The average molecular weight is 302 g/mol. The highest BCUT2D eigenvalue weighted by Crippen LogP contribution is 2.21. The number of nitrogens with one attached hydrogen (secondary N) is 1. The summed E-state index contributed by atoms with van der Waals surface area (Å²) in [6.07, 6.45) is 1.52. The van der Waals surface area contributed by atoms with Gasteiger partial charge >= 0.3 is 0 Å². The molecular formula is C12H16ClN3O4. The highest BCUT2D eigenvalue weighted by atomic mass is 35.5. The number of aliphatic hydroxyl groups is 1. The van der Waals surface area contributed by atoms with E-state index in [1.54, 1.807) is 0 Å². The van der Waals surface area contributed by atoms with Crippen molar-refractivity contribution in [2.45, 2.75) is 20.3 Å². The van der Waals surface area contributed by atoms with Gasteiger partial charge in [0.25, 0.3) is 11.6 Å². The van der Waals surface area contributed by atoms with E-state index in [4.69, 9.17) is 16.7 Å². The number of pyridine rings is 1. The normalized spacial score (nSPS) is 11.2. The van der Waals surface area contributed by atoms with Crippen LogP contribution in [-0.4, -0.2) is 34.1 Å². The average Bonchev–Trinajstić information content (AvgIpc) is 2.36. The van der Waals surface area contributed by atoms with Crippen molar-refractivity contribution < 1.29 is 14.8 Å². The molecule has 1 heterocycles. The number of halogens is 1. The zero-order chi connectivity index (χ0) is 15.3. The molecule has 8 heteroatoms. The molecule has 1 amide bonds. The molecule has 0 bridgehead atoms. The second-order valence-electron chi connectivity index (χ2n) is 5.11. The van der Waals surface area contributed by atoms with Crippen molar-refractivity contribution in [3.8, 4) is 0 Å². The lowest BCUT2D eigenvalue weighted by Crippen LogP contribution is -2.34. The van der Waals surface area contributed by atoms with E-state index in [0.29, 0.717) is 13.0 Å². The maximum Gasteiger partial charge on any atom is 0.288 e. The summed E-state index contributed by atoms with van der Waals surface area (Å²) in [4.78, 5) is 25.6. The molecule has 0 saturated heterocycles. The Balaban J connectivity index is 2.82. The molecular weight excluding hydrogens is 286 g/mol. The molecule has 0 fully saturated rings. The highest BCUT2D eigenvalue weighted by molar-refractivity contribution is 6.32. The second-order valence-corrected chi connectivity index (χ2v) is 5.47. The summed E-state index contributed by atoms with van der Waals surface area (Å²) in [6.45, 7) is 4.10. The molecule has 2 N–H and O–H groups in total. The molecule has 7 nitrogen and oxygen atoms in total. The Bertz CT molecular complexity index is 519. The summed E-state index contributed by atoms with van der Waals surface area (Å²) in [5, 5.41) is 22.1. The summed E-state index contributed by atoms with van der Waals surface area (Å²) in [7, 11) is 0. The maximum absolute atomic E-state index is 12.0. The van der Waals surface area contributed by atoms with Crippen molar-refractivity contribution in [2.75, 3.05) is 13.2 Å². The fourth-order valence-corrected chi connectivity index (χ4v) is 1.69. The number of hydrogen-bond acceptors (Lipinski definition) is 5. The topological polar surface area (TPSA) is 105 Å². The molecule has 0 aromatic carbocycles. The molecule has 0 unspecified atom stereocenters. The van der Waals surface area contributed by atoms with Gasteiger partial charge < -0.3 is 10.4 Å². The number of hydrogen-bond donors (Lipinski definition) is 2. The Labute approximate surface area is 121 Å². The van der Waals surface area contributed by atoms with E-state index >= 15 is 0 Å². The van der Waals surface area contributed by atoms with Crippen LogP contribution in [0.15, 0.2) is 12.3 Å². The predicted octanol–water partition coefficient (Wildman–Crippen LogP) is 1.78. The van der Waals surface area contributed by atoms with Crippen molar-refractivity contribution in [3.63, 3.8) is 0 Å². The Morgan fingerprint density at radius 3 is 2.80 bits per heavy atom. The molecule has 20 heavy (non-hydrogen) atoms. The summed E-state index contributed by atoms with van der Waals surface area (Å²) in [5.74, 6) is -0.530. The highest BCUT2D eigenvalue weighted by Gasteiger charge is 2.21. The fourth-order valence-electron chi connectivity index (χ4n) is 1.50. The molecule has 0 spiro atoms. The summed E-state index contributed by atoms with van der Waals surface area (Å²) < 4.78 is 0. The third-order valence-corrected chi connectivity index (χ3v) is 3.10. The van der Waals surface area contributed by atoms with Gasteiger partial charge in [0.1, 0.15) is 11.3 Å². The number of aliphatic hydroxyl groups excluding tert-OH is 1. The van der Waals surface area contributed by atoms with Gasteiger partial charge in [-0.05, 0) is 11.8 Å². The van der Waals surface area contributed by atoms with Crippen LogP contribution in [0.3, 0.4) is 0 Å². The van der Waals surface area contributed by atoms with E-state index in [1.807, 2.05) is 13.8 Å². The number of amides is 1. The fraction of sp³-hybridized carbons (Fsp3) is 0.500. The van der Waals surface area contributed by atoms with E-state index in [9.17, 15) is 14.9 Å². The summed E-state index contributed by atoms with van der Waals surface area (Å²) in [5.41, 5.74) is -0.625. The van der Waals surface area contributed by atoms with Crippen LogP contribution in [0.4, 0.5) is 5.69 Å².